The van der Waals surface area contributed by atoms with Gasteiger partial charge in [-0.25, -0.2) is 9.59 Å². The van der Waals surface area contributed by atoms with Crippen molar-refractivity contribution >= 4 is 11.9 Å². The molecule has 0 bridgehead atoms. The molecule has 0 aliphatic rings. The van der Waals surface area contributed by atoms with Gasteiger partial charge in [0.15, 0.2) is 0 Å². The number of esters is 2. The summed E-state index contributed by atoms with van der Waals surface area (Å²) >= 11 is 0. The van der Waals surface area contributed by atoms with Gasteiger partial charge in [-0.05, 0) is 54.7 Å². The number of carbonyl (C=O) groups excluding carboxylic acids is 2. The molecule has 0 amide bonds. The second-order valence-corrected chi connectivity index (χ2v) is 5.46. The van der Waals surface area contributed by atoms with Gasteiger partial charge in [-0.2, -0.15) is 0 Å². The van der Waals surface area contributed by atoms with E-state index in [1.54, 1.807) is 0 Å². The average molecular weight is 312 g/mol. The minimum absolute atomic E-state index is 0.344. The Morgan fingerprint density at radius 2 is 1.17 bits per heavy atom. The van der Waals surface area contributed by atoms with E-state index in [1.807, 2.05) is 50.2 Å². The Labute approximate surface area is 136 Å². The fourth-order valence-electron chi connectivity index (χ4n) is 2.45. The molecule has 0 atom stereocenters. The lowest BCUT2D eigenvalue weighted by Crippen LogP contribution is -2.06. The van der Waals surface area contributed by atoms with Gasteiger partial charge in [-0.1, -0.05) is 24.3 Å². The first-order chi connectivity index (χ1) is 11.0. The van der Waals surface area contributed by atoms with Gasteiger partial charge in [0, 0.05) is 0 Å². The zero-order chi connectivity index (χ0) is 17.0. The van der Waals surface area contributed by atoms with E-state index in [4.69, 9.17) is 9.47 Å². The zero-order valence-corrected chi connectivity index (χ0v) is 13.8. The standard InChI is InChI=1S/C19H20O4/c1-12-5-7-14(10-16(12)18(20)22-3)9-15-8-6-13(2)17(11-15)19(21)23-4/h5-8,10-11H,9H2,1-4H3. The Morgan fingerprint density at radius 3 is 1.52 bits per heavy atom. The molecule has 0 aliphatic carbocycles. The Bertz CT molecular complexity index is 684. The van der Waals surface area contributed by atoms with E-state index >= 15 is 0 Å². The van der Waals surface area contributed by atoms with Crippen LogP contribution in [0.5, 0.6) is 0 Å². The fourth-order valence-corrected chi connectivity index (χ4v) is 2.45. The number of rotatable bonds is 4. The molecule has 2 aromatic rings. The maximum Gasteiger partial charge on any atom is 0.338 e. The summed E-state index contributed by atoms with van der Waals surface area (Å²) < 4.78 is 9.61. The summed E-state index contributed by atoms with van der Waals surface area (Å²) in [6.07, 6.45) is 0.620. The molecule has 0 aliphatic heterocycles. The van der Waals surface area contributed by atoms with E-state index < -0.39 is 0 Å². The van der Waals surface area contributed by atoms with Crippen molar-refractivity contribution in [2.75, 3.05) is 14.2 Å². The van der Waals surface area contributed by atoms with E-state index in [2.05, 4.69) is 0 Å². The number of benzene rings is 2. The Hall–Kier alpha value is -2.62. The van der Waals surface area contributed by atoms with Crippen molar-refractivity contribution in [3.05, 3.63) is 69.8 Å². The highest BCUT2D eigenvalue weighted by molar-refractivity contribution is 5.91. The van der Waals surface area contributed by atoms with E-state index in [0.29, 0.717) is 17.5 Å². The Kier molecular flexibility index (Phi) is 5.16. The molecule has 0 saturated heterocycles. The number of aryl methyl sites for hydroxylation is 2. The maximum absolute atomic E-state index is 11.8. The molecule has 0 aromatic heterocycles. The Morgan fingerprint density at radius 1 is 0.783 bits per heavy atom. The first kappa shape index (κ1) is 16.7. The van der Waals surface area contributed by atoms with Crippen LogP contribution in [0.2, 0.25) is 0 Å². The van der Waals surface area contributed by atoms with E-state index in [1.165, 1.54) is 14.2 Å². The third-order valence-electron chi connectivity index (χ3n) is 3.82. The molecular weight excluding hydrogens is 292 g/mol. The Balaban J connectivity index is 2.33. The molecule has 0 N–H and O–H groups in total. The molecule has 0 saturated carbocycles. The van der Waals surface area contributed by atoms with Gasteiger partial charge in [0.05, 0.1) is 25.3 Å². The van der Waals surface area contributed by atoms with Crippen molar-refractivity contribution in [3.8, 4) is 0 Å². The number of methoxy groups -OCH3 is 2. The van der Waals surface area contributed by atoms with Gasteiger partial charge in [0.2, 0.25) is 0 Å². The van der Waals surface area contributed by atoms with Crippen molar-refractivity contribution in [1.29, 1.82) is 0 Å². The first-order valence-electron chi connectivity index (χ1n) is 7.32. The van der Waals surface area contributed by atoms with Crippen molar-refractivity contribution in [2.24, 2.45) is 0 Å². The van der Waals surface area contributed by atoms with Crippen LogP contribution in [0.1, 0.15) is 43.0 Å². The van der Waals surface area contributed by atoms with Crippen molar-refractivity contribution in [2.45, 2.75) is 20.3 Å². The molecule has 4 nitrogen and oxygen atoms in total. The van der Waals surface area contributed by atoms with Crippen LogP contribution in [0.25, 0.3) is 0 Å². The van der Waals surface area contributed by atoms with Crippen LogP contribution in [0.3, 0.4) is 0 Å². The number of hydrogen-bond acceptors (Lipinski definition) is 4. The van der Waals surface area contributed by atoms with Crippen LogP contribution in [-0.2, 0) is 15.9 Å². The second kappa shape index (κ2) is 7.09. The third-order valence-corrected chi connectivity index (χ3v) is 3.82. The van der Waals surface area contributed by atoms with Gasteiger partial charge in [0.25, 0.3) is 0 Å². The lowest BCUT2D eigenvalue weighted by atomic mass is 9.97. The lowest BCUT2D eigenvalue weighted by molar-refractivity contribution is 0.0591. The number of carbonyl (C=O) groups is 2. The summed E-state index contributed by atoms with van der Waals surface area (Å²) in [5.41, 5.74) is 4.83. The van der Waals surface area contributed by atoms with Crippen LogP contribution >= 0.6 is 0 Å². The number of hydrogen-bond donors (Lipinski definition) is 0. The minimum atomic E-state index is -0.344. The van der Waals surface area contributed by atoms with Crippen LogP contribution < -0.4 is 0 Å². The summed E-state index contributed by atoms with van der Waals surface area (Å²) in [7, 11) is 2.74. The summed E-state index contributed by atoms with van der Waals surface area (Å²) in [5.74, 6) is -0.688. The second-order valence-electron chi connectivity index (χ2n) is 5.46. The van der Waals surface area contributed by atoms with Gasteiger partial charge in [0.1, 0.15) is 0 Å². The van der Waals surface area contributed by atoms with E-state index in [-0.39, 0.29) is 11.9 Å². The zero-order valence-electron chi connectivity index (χ0n) is 13.8. The van der Waals surface area contributed by atoms with Crippen molar-refractivity contribution in [1.82, 2.24) is 0 Å². The van der Waals surface area contributed by atoms with Gasteiger partial charge in [-0.15, -0.1) is 0 Å². The highest BCUT2D eigenvalue weighted by Gasteiger charge is 2.12. The normalized spacial score (nSPS) is 10.3. The van der Waals surface area contributed by atoms with Crippen molar-refractivity contribution in [3.63, 3.8) is 0 Å². The summed E-state index contributed by atoms with van der Waals surface area (Å²) in [4.78, 5) is 23.6. The van der Waals surface area contributed by atoms with Gasteiger partial charge in [-0.3, -0.25) is 0 Å². The minimum Gasteiger partial charge on any atom is -0.465 e. The molecule has 2 rings (SSSR count). The number of ether oxygens (including phenoxy) is 2. The molecule has 0 heterocycles. The van der Waals surface area contributed by atoms with Gasteiger partial charge >= 0.3 is 11.9 Å². The van der Waals surface area contributed by atoms with E-state index in [0.717, 1.165) is 22.3 Å². The summed E-state index contributed by atoms with van der Waals surface area (Å²) in [5, 5.41) is 0. The molecule has 4 heteroatoms. The maximum atomic E-state index is 11.8. The highest BCUT2D eigenvalue weighted by atomic mass is 16.5. The van der Waals surface area contributed by atoms with Crippen LogP contribution in [0, 0.1) is 13.8 Å². The molecule has 0 spiro atoms. The molecule has 0 radical (unpaired) electrons. The van der Waals surface area contributed by atoms with Crippen LogP contribution in [0.15, 0.2) is 36.4 Å². The molecule has 120 valence electrons. The molecule has 0 fully saturated rings. The summed E-state index contributed by atoms with van der Waals surface area (Å²) in [6, 6.07) is 11.4. The largest absolute Gasteiger partial charge is 0.465 e. The lowest BCUT2D eigenvalue weighted by Gasteiger charge is -2.10. The fraction of sp³-hybridized carbons (Fsp3) is 0.263. The highest BCUT2D eigenvalue weighted by Crippen LogP contribution is 2.18. The van der Waals surface area contributed by atoms with Crippen LogP contribution in [-0.4, -0.2) is 26.2 Å². The third kappa shape index (κ3) is 3.77. The smallest absolute Gasteiger partial charge is 0.338 e. The monoisotopic (exact) mass is 312 g/mol. The quantitative estimate of drug-likeness (QED) is 0.811. The predicted octanol–water partition coefficient (Wildman–Crippen LogP) is 3.47. The predicted molar refractivity (Wildman–Crippen MR) is 87.8 cm³/mol. The first-order valence-corrected chi connectivity index (χ1v) is 7.32. The van der Waals surface area contributed by atoms with E-state index in [9.17, 15) is 9.59 Å². The molecule has 0 unspecified atom stereocenters. The molecular formula is C19H20O4. The SMILES string of the molecule is COC(=O)c1cc(Cc2ccc(C)c(C(=O)OC)c2)ccc1C. The topological polar surface area (TPSA) is 52.6 Å². The van der Waals surface area contributed by atoms with Crippen LogP contribution in [0.4, 0.5) is 0 Å². The average Bonchev–Trinajstić information content (AvgIpc) is 2.56. The molecule has 2 aromatic carbocycles. The summed E-state index contributed by atoms with van der Waals surface area (Å²) in [6.45, 7) is 3.74. The van der Waals surface area contributed by atoms with Gasteiger partial charge < -0.3 is 9.47 Å². The molecule has 23 heavy (non-hydrogen) atoms. The van der Waals surface area contributed by atoms with Crippen molar-refractivity contribution < 1.29 is 19.1 Å².